The lowest BCUT2D eigenvalue weighted by Crippen LogP contribution is -3.00. The van der Waals surface area contributed by atoms with Gasteiger partial charge in [-0.3, -0.25) is 0 Å². The Labute approximate surface area is 167 Å². The maximum atomic E-state index is 12.1. The van der Waals surface area contributed by atoms with Crippen LogP contribution >= 0.6 is 0 Å². The average Bonchev–Trinajstić information content (AvgIpc) is 2.65. The summed E-state index contributed by atoms with van der Waals surface area (Å²) in [5.74, 6) is 0.802. The smallest absolute Gasteiger partial charge is 0.323 e. The molecule has 0 aliphatic carbocycles. The number of halogens is 1. The molecule has 2 aromatic rings. The van der Waals surface area contributed by atoms with Crippen LogP contribution in [-0.2, 0) is 0 Å². The summed E-state index contributed by atoms with van der Waals surface area (Å²) in [5, 5.41) is 5.60. The first kappa shape index (κ1) is 22.4. The molecule has 0 aliphatic rings. The van der Waals surface area contributed by atoms with Gasteiger partial charge in [0.25, 0.3) is 0 Å². The van der Waals surface area contributed by atoms with E-state index in [0.717, 1.165) is 41.3 Å². The van der Waals surface area contributed by atoms with Crippen molar-refractivity contribution in [2.45, 2.75) is 20.8 Å². The second-order valence-electron chi connectivity index (χ2n) is 5.88. The molecule has 0 radical (unpaired) electrons. The predicted molar refractivity (Wildman–Crippen MR) is 109 cm³/mol. The van der Waals surface area contributed by atoms with E-state index < -0.39 is 0 Å². The predicted octanol–water partition coefficient (Wildman–Crippen LogP) is 1.65. The van der Waals surface area contributed by atoms with Crippen molar-refractivity contribution < 1.29 is 21.9 Å². The first-order chi connectivity index (χ1) is 12.6. The van der Waals surface area contributed by atoms with Crippen molar-refractivity contribution in [1.29, 1.82) is 0 Å². The van der Waals surface area contributed by atoms with Crippen LogP contribution in [0, 0.1) is 6.92 Å². The van der Waals surface area contributed by atoms with E-state index in [-0.39, 0.29) is 18.4 Å². The summed E-state index contributed by atoms with van der Waals surface area (Å²) in [4.78, 5) is 14.4. The molecule has 0 bridgehead atoms. The molecular weight excluding hydrogens is 362 g/mol. The van der Waals surface area contributed by atoms with Crippen molar-refractivity contribution in [3.05, 3.63) is 59.8 Å². The van der Waals surface area contributed by atoms with Gasteiger partial charge in [0.1, 0.15) is 5.75 Å². The van der Waals surface area contributed by atoms with E-state index in [1.165, 1.54) is 0 Å². The Kier molecular flexibility index (Phi) is 9.23. The molecule has 2 rings (SSSR count). The number of anilines is 2. The first-order valence-electron chi connectivity index (χ1n) is 8.81. The van der Waals surface area contributed by atoms with E-state index in [1.807, 2.05) is 49.4 Å². The molecule has 0 heterocycles. The maximum absolute atomic E-state index is 12.1. The van der Waals surface area contributed by atoms with Gasteiger partial charge in [-0.05, 0) is 68.3 Å². The van der Waals surface area contributed by atoms with Crippen LogP contribution in [0.25, 0.3) is 6.08 Å². The fourth-order valence-corrected chi connectivity index (χ4v) is 2.66. The van der Waals surface area contributed by atoms with Gasteiger partial charge in [-0.25, -0.2) is 4.79 Å². The molecule has 0 aliphatic heterocycles. The summed E-state index contributed by atoms with van der Waals surface area (Å²) in [7, 11) is 1.63. The number of nitrogens with one attached hydrogen (secondary N) is 2. The zero-order valence-corrected chi connectivity index (χ0v) is 17.0. The third-order valence-corrected chi connectivity index (χ3v) is 4.19. The summed E-state index contributed by atoms with van der Waals surface area (Å²) < 4.78 is 5.12. The average molecular weight is 389 g/mol. The van der Waals surface area contributed by atoms with Crippen LogP contribution in [0.5, 0.6) is 5.75 Å². The fourth-order valence-electron chi connectivity index (χ4n) is 2.66. The van der Waals surface area contributed by atoms with Crippen LogP contribution in [0.1, 0.15) is 25.0 Å². The zero-order valence-electron chi connectivity index (χ0n) is 16.3. The summed E-state index contributed by atoms with van der Waals surface area (Å²) in [5.41, 5.74) is 3.98. The molecular formula is C21H27ClN3O2-. The number of urea groups is 1. The maximum Gasteiger partial charge on any atom is 0.323 e. The monoisotopic (exact) mass is 388 g/mol. The third kappa shape index (κ3) is 6.53. The van der Waals surface area contributed by atoms with Crippen LogP contribution in [0.4, 0.5) is 16.2 Å². The van der Waals surface area contributed by atoms with Crippen LogP contribution in [0.3, 0.4) is 0 Å². The van der Waals surface area contributed by atoms with Gasteiger partial charge in [-0.15, -0.1) is 0 Å². The lowest BCUT2D eigenvalue weighted by molar-refractivity contribution is -0.00000881. The molecule has 2 N–H and O–H groups in total. The first-order valence-corrected chi connectivity index (χ1v) is 8.81. The van der Waals surface area contributed by atoms with Crippen LogP contribution in [-0.4, -0.2) is 26.2 Å². The molecule has 0 saturated carbocycles. The highest BCUT2D eigenvalue weighted by atomic mass is 35.5. The molecule has 0 aromatic heterocycles. The zero-order chi connectivity index (χ0) is 18.9. The Morgan fingerprint density at radius 2 is 1.78 bits per heavy atom. The molecule has 146 valence electrons. The standard InChI is InChI=1S/C21H27N3O2.ClH/c1-5-24(6-2)18-9-12-20(16(3)15-18)23-21(25)22-14-13-17-7-10-19(26-4)11-8-17;/h7-15H,5-6H2,1-4H3,(H2,22,23,25);1H/p-1/b14-13+;. The van der Waals surface area contributed by atoms with Crippen molar-refractivity contribution in [1.82, 2.24) is 5.32 Å². The van der Waals surface area contributed by atoms with Crippen molar-refractivity contribution in [3.63, 3.8) is 0 Å². The topological polar surface area (TPSA) is 53.6 Å². The van der Waals surface area contributed by atoms with Gasteiger partial charge in [-0.2, -0.15) is 0 Å². The highest BCUT2D eigenvalue weighted by molar-refractivity contribution is 5.91. The number of aryl methyl sites for hydroxylation is 1. The van der Waals surface area contributed by atoms with E-state index in [0.29, 0.717) is 0 Å². The largest absolute Gasteiger partial charge is 1.00 e. The van der Waals surface area contributed by atoms with E-state index >= 15 is 0 Å². The van der Waals surface area contributed by atoms with Crippen molar-refractivity contribution in [2.75, 3.05) is 30.4 Å². The van der Waals surface area contributed by atoms with Gasteiger partial charge in [0.05, 0.1) is 7.11 Å². The minimum atomic E-state index is -0.270. The minimum Gasteiger partial charge on any atom is -1.00 e. The molecule has 0 saturated heterocycles. The van der Waals surface area contributed by atoms with Gasteiger partial charge >= 0.3 is 6.03 Å². The van der Waals surface area contributed by atoms with E-state index in [2.05, 4.69) is 35.4 Å². The van der Waals surface area contributed by atoms with Gasteiger partial charge in [0.15, 0.2) is 0 Å². The summed E-state index contributed by atoms with van der Waals surface area (Å²) in [6, 6.07) is 13.4. The molecule has 2 amide bonds. The summed E-state index contributed by atoms with van der Waals surface area (Å²) >= 11 is 0. The highest BCUT2D eigenvalue weighted by Gasteiger charge is 2.07. The molecule has 0 atom stereocenters. The Morgan fingerprint density at radius 1 is 1.11 bits per heavy atom. The number of carbonyl (C=O) groups is 1. The van der Waals surface area contributed by atoms with Gasteiger partial charge in [0.2, 0.25) is 0 Å². The number of hydrogen-bond donors (Lipinski definition) is 2. The fraction of sp³-hybridized carbons (Fsp3) is 0.286. The number of nitrogens with zero attached hydrogens (tertiary/aromatic N) is 1. The van der Waals surface area contributed by atoms with Crippen molar-refractivity contribution in [3.8, 4) is 5.75 Å². The second-order valence-corrected chi connectivity index (χ2v) is 5.88. The van der Waals surface area contributed by atoms with Crippen LogP contribution in [0.15, 0.2) is 48.7 Å². The van der Waals surface area contributed by atoms with Gasteiger partial charge < -0.3 is 32.7 Å². The van der Waals surface area contributed by atoms with Gasteiger partial charge in [-0.1, -0.05) is 12.1 Å². The molecule has 6 heteroatoms. The summed E-state index contributed by atoms with van der Waals surface area (Å²) in [6.07, 6.45) is 3.45. The Morgan fingerprint density at radius 3 is 2.33 bits per heavy atom. The van der Waals surface area contributed by atoms with Crippen LogP contribution in [0.2, 0.25) is 0 Å². The highest BCUT2D eigenvalue weighted by Crippen LogP contribution is 2.22. The Balaban J connectivity index is 0.00000364. The SMILES string of the molecule is CCN(CC)c1ccc(NC(=O)N/C=C/c2ccc(OC)cc2)c(C)c1.[Cl-]. The number of rotatable bonds is 7. The number of methoxy groups -OCH3 is 1. The normalized spacial score (nSPS) is 10.2. The lowest BCUT2D eigenvalue weighted by atomic mass is 10.1. The number of carbonyl (C=O) groups excluding carboxylic acids is 1. The lowest BCUT2D eigenvalue weighted by Gasteiger charge is -2.22. The Hall–Kier alpha value is -2.66. The van der Waals surface area contributed by atoms with Crippen molar-refractivity contribution in [2.24, 2.45) is 0 Å². The summed E-state index contributed by atoms with van der Waals surface area (Å²) in [6.45, 7) is 8.18. The molecule has 5 nitrogen and oxygen atoms in total. The molecule has 0 fully saturated rings. The quantitative estimate of drug-likeness (QED) is 0.758. The van der Waals surface area contributed by atoms with Crippen molar-refractivity contribution >= 4 is 23.5 Å². The number of ether oxygens (including phenoxy) is 1. The van der Waals surface area contributed by atoms with E-state index in [4.69, 9.17) is 4.74 Å². The molecule has 0 unspecified atom stereocenters. The van der Waals surface area contributed by atoms with E-state index in [1.54, 1.807) is 13.3 Å². The Bertz CT molecular complexity index is 757. The molecule has 2 aromatic carbocycles. The number of benzene rings is 2. The number of amides is 2. The molecule has 27 heavy (non-hydrogen) atoms. The van der Waals surface area contributed by atoms with E-state index in [9.17, 15) is 4.79 Å². The van der Waals surface area contributed by atoms with Gasteiger partial charge in [0, 0.05) is 30.7 Å². The van der Waals surface area contributed by atoms with Crippen LogP contribution < -0.4 is 32.7 Å². The number of hydrogen-bond acceptors (Lipinski definition) is 3. The third-order valence-electron chi connectivity index (χ3n) is 4.19. The second kappa shape index (κ2) is 11.1. The minimum absolute atomic E-state index is 0. The molecule has 0 spiro atoms.